The van der Waals surface area contributed by atoms with Gasteiger partial charge in [-0.15, -0.1) is 0 Å². The number of hydrogen-bond donors (Lipinski definition) is 1. The van der Waals surface area contributed by atoms with Crippen LogP contribution in [0, 0.1) is 0 Å². The molecule has 2 aliphatic heterocycles. The Hall–Kier alpha value is -2.80. The second-order valence-corrected chi connectivity index (χ2v) is 8.07. The Bertz CT molecular complexity index is 1040. The van der Waals surface area contributed by atoms with Gasteiger partial charge >= 0.3 is 0 Å². The first-order chi connectivity index (χ1) is 14.2. The van der Waals surface area contributed by atoms with Crippen LogP contribution in [0.1, 0.15) is 48.8 Å². The Kier molecular flexibility index (Phi) is 4.75. The molecule has 0 aliphatic carbocycles. The molecule has 0 radical (unpaired) electrons. The Morgan fingerprint density at radius 1 is 1.28 bits per heavy atom. The highest BCUT2D eigenvalue weighted by atomic mass is 16.2. The number of carbonyl (C=O) groups is 1. The van der Waals surface area contributed by atoms with Crippen molar-refractivity contribution in [1.82, 2.24) is 29.7 Å². The number of nitrogens with zero attached hydrogens (tertiary/aromatic N) is 5. The predicted molar refractivity (Wildman–Crippen MR) is 110 cm³/mol. The van der Waals surface area contributed by atoms with Gasteiger partial charge in [0, 0.05) is 43.7 Å². The normalized spacial score (nSPS) is 20.4. The monoisotopic (exact) mass is 390 g/mol. The third-order valence-corrected chi connectivity index (χ3v) is 6.18. The molecule has 2 aromatic heterocycles. The van der Waals surface area contributed by atoms with Crippen molar-refractivity contribution in [2.24, 2.45) is 0 Å². The summed E-state index contributed by atoms with van der Waals surface area (Å²) in [6.45, 7) is 5.26. The average molecular weight is 390 g/mol. The highest BCUT2D eigenvalue weighted by molar-refractivity contribution is 5.83. The minimum absolute atomic E-state index is 0.111. The molecule has 4 heterocycles. The quantitative estimate of drug-likeness (QED) is 0.743. The van der Waals surface area contributed by atoms with Gasteiger partial charge in [-0.1, -0.05) is 12.1 Å². The van der Waals surface area contributed by atoms with Crippen molar-refractivity contribution in [1.29, 1.82) is 0 Å². The van der Waals surface area contributed by atoms with Gasteiger partial charge in [0.15, 0.2) is 0 Å². The predicted octanol–water partition coefficient (Wildman–Crippen LogP) is 2.44. The van der Waals surface area contributed by atoms with Crippen molar-refractivity contribution >= 4 is 16.9 Å². The van der Waals surface area contributed by atoms with E-state index in [1.165, 1.54) is 6.42 Å². The van der Waals surface area contributed by atoms with Crippen molar-refractivity contribution in [3.63, 3.8) is 0 Å². The number of rotatable bonds is 3. The third kappa shape index (κ3) is 3.40. The van der Waals surface area contributed by atoms with Crippen LogP contribution in [0.2, 0.25) is 0 Å². The summed E-state index contributed by atoms with van der Waals surface area (Å²) in [5.41, 5.74) is 4.07. The van der Waals surface area contributed by atoms with E-state index in [4.69, 9.17) is 4.98 Å². The maximum absolute atomic E-state index is 13.2. The number of aromatic nitrogens is 4. The van der Waals surface area contributed by atoms with Gasteiger partial charge in [-0.25, -0.2) is 15.0 Å². The largest absolute Gasteiger partial charge is 0.336 e. The molecule has 0 bridgehead atoms. The number of imidazole rings is 1. The molecule has 5 rings (SSSR count). The Morgan fingerprint density at radius 2 is 2.17 bits per heavy atom. The molecule has 1 amide bonds. The Morgan fingerprint density at radius 3 is 3.03 bits per heavy atom. The fourth-order valence-electron chi connectivity index (χ4n) is 4.46. The van der Waals surface area contributed by atoms with Crippen molar-refractivity contribution in [2.75, 3.05) is 19.6 Å². The van der Waals surface area contributed by atoms with Crippen LogP contribution in [0.25, 0.3) is 11.0 Å². The van der Waals surface area contributed by atoms with Crippen LogP contribution in [0.5, 0.6) is 0 Å². The first-order valence-corrected chi connectivity index (χ1v) is 10.5. The zero-order valence-electron chi connectivity index (χ0n) is 16.7. The van der Waals surface area contributed by atoms with Crippen LogP contribution < -0.4 is 5.32 Å². The molecule has 7 nitrogen and oxygen atoms in total. The molecule has 0 unspecified atom stereocenters. The van der Waals surface area contributed by atoms with E-state index < -0.39 is 0 Å². The molecule has 1 N–H and O–H groups in total. The first kappa shape index (κ1) is 18.2. The van der Waals surface area contributed by atoms with Crippen molar-refractivity contribution in [2.45, 2.75) is 44.7 Å². The standard InChI is InChI=1S/C22H26N6O/c1-15(28-14-25-19-6-2-3-7-20(19)28)22(29)27-10-8-18-17(13-27)12-24-21(26-18)16-5-4-9-23-11-16/h2-3,6-7,12,14-16,23H,4-5,8-11,13H2,1H3/t15-,16+/m1/s1. The molecule has 1 aromatic carbocycles. The molecular formula is C22H26N6O. The SMILES string of the molecule is C[C@H](C(=O)N1CCc2nc([C@H]3CCCNC3)ncc2C1)n1cnc2ccccc21. The number of hydrogen-bond acceptors (Lipinski definition) is 5. The summed E-state index contributed by atoms with van der Waals surface area (Å²) in [5.74, 6) is 1.47. The summed E-state index contributed by atoms with van der Waals surface area (Å²) < 4.78 is 1.96. The van der Waals surface area contributed by atoms with Gasteiger partial charge in [0.05, 0.1) is 23.1 Å². The van der Waals surface area contributed by atoms with Gasteiger partial charge in [0.2, 0.25) is 5.91 Å². The summed E-state index contributed by atoms with van der Waals surface area (Å²) in [4.78, 5) is 29.0. The summed E-state index contributed by atoms with van der Waals surface area (Å²) in [7, 11) is 0. The molecular weight excluding hydrogens is 364 g/mol. The zero-order chi connectivity index (χ0) is 19.8. The lowest BCUT2D eigenvalue weighted by molar-refractivity contribution is -0.135. The number of piperidine rings is 1. The minimum atomic E-state index is -0.294. The molecule has 1 fully saturated rings. The molecule has 3 aromatic rings. The summed E-state index contributed by atoms with van der Waals surface area (Å²) >= 11 is 0. The van der Waals surface area contributed by atoms with Crippen LogP contribution in [0.3, 0.4) is 0 Å². The summed E-state index contributed by atoms with van der Waals surface area (Å²) in [6, 6.07) is 7.62. The zero-order valence-corrected chi connectivity index (χ0v) is 16.7. The lowest BCUT2D eigenvalue weighted by Gasteiger charge is -2.31. The first-order valence-electron chi connectivity index (χ1n) is 10.5. The smallest absolute Gasteiger partial charge is 0.245 e. The molecule has 7 heteroatoms. The lowest BCUT2D eigenvalue weighted by atomic mass is 9.98. The second-order valence-electron chi connectivity index (χ2n) is 8.07. The van der Waals surface area contributed by atoms with Crippen LogP contribution >= 0.6 is 0 Å². The van der Waals surface area contributed by atoms with Crippen molar-refractivity contribution in [3.8, 4) is 0 Å². The Labute approximate surface area is 170 Å². The fraction of sp³-hybridized carbons (Fsp3) is 0.455. The lowest BCUT2D eigenvalue weighted by Crippen LogP contribution is -2.40. The van der Waals surface area contributed by atoms with Crippen LogP contribution in [-0.2, 0) is 17.8 Å². The fourth-order valence-corrected chi connectivity index (χ4v) is 4.46. The highest BCUT2D eigenvalue weighted by Gasteiger charge is 2.28. The van der Waals surface area contributed by atoms with Crippen LogP contribution in [0.4, 0.5) is 0 Å². The van der Waals surface area contributed by atoms with Gasteiger partial charge in [-0.05, 0) is 38.4 Å². The van der Waals surface area contributed by atoms with E-state index >= 15 is 0 Å². The Balaban J connectivity index is 1.33. The van der Waals surface area contributed by atoms with E-state index in [2.05, 4.69) is 15.3 Å². The van der Waals surface area contributed by atoms with E-state index in [0.29, 0.717) is 19.0 Å². The molecule has 2 aliphatic rings. The summed E-state index contributed by atoms with van der Waals surface area (Å²) in [5, 5.41) is 3.43. The van der Waals surface area contributed by atoms with E-state index in [0.717, 1.165) is 54.0 Å². The third-order valence-electron chi connectivity index (χ3n) is 6.18. The van der Waals surface area contributed by atoms with Crippen molar-refractivity contribution < 1.29 is 4.79 Å². The number of carbonyl (C=O) groups excluding carboxylic acids is 1. The maximum atomic E-state index is 13.2. The topological polar surface area (TPSA) is 75.9 Å². The van der Waals surface area contributed by atoms with E-state index in [-0.39, 0.29) is 11.9 Å². The van der Waals surface area contributed by atoms with Crippen LogP contribution in [-0.4, -0.2) is 50.0 Å². The molecule has 2 atom stereocenters. The number of benzene rings is 1. The van der Waals surface area contributed by atoms with E-state index in [1.807, 2.05) is 46.9 Å². The minimum Gasteiger partial charge on any atom is -0.336 e. The van der Waals surface area contributed by atoms with Gasteiger partial charge in [0.25, 0.3) is 0 Å². The number of fused-ring (bicyclic) bond motifs is 2. The number of amides is 1. The second kappa shape index (κ2) is 7.55. The number of para-hydroxylation sites is 2. The molecule has 0 saturated carbocycles. The summed E-state index contributed by atoms with van der Waals surface area (Å²) in [6.07, 6.45) is 6.80. The van der Waals surface area contributed by atoms with Gasteiger partial charge < -0.3 is 14.8 Å². The van der Waals surface area contributed by atoms with E-state index in [1.54, 1.807) is 6.33 Å². The van der Waals surface area contributed by atoms with Crippen LogP contribution in [0.15, 0.2) is 36.8 Å². The van der Waals surface area contributed by atoms with Gasteiger partial charge in [0.1, 0.15) is 11.9 Å². The molecule has 1 saturated heterocycles. The van der Waals surface area contributed by atoms with Gasteiger partial charge in [-0.3, -0.25) is 4.79 Å². The van der Waals surface area contributed by atoms with E-state index in [9.17, 15) is 4.79 Å². The molecule has 150 valence electrons. The number of nitrogens with one attached hydrogen (secondary N) is 1. The molecule has 0 spiro atoms. The van der Waals surface area contributed by atoms with Gasteiger partial charge in [-0.2, -0.15) is 0 Å². The van der Waals surface area contributed by atoms with Crippen molar-refractivity contribution in [3.05, 3.63) is 53.9 Å². The highest BCUT2D eigenvalue weighted by Crippen LogP contribution is 2.25. The molecule has 29 heavy (non-hydrogen) atoms. The maximum Gasteiger partial charge on any atom is 0.245 e. The average Bonchev–Trinajstić information content (AvgIpc) is 3.22.